The van der Waals surface area contributed by atoms with Crippen LogP contribution >= 0.6 is 11.6 Å². The summed E-state index contributed by atoms with van der Waals surface area (Å²) in [6, 6.07) is 18.9. The van der Waals surface area contributed by atoms with Crippen LogP contribution in [-0.4, -0.2) is 33.5 Å². The molecule has 1 saturated heterocycles. The second-order valence-corrected chi connectivity index (χ2v) is 7.06. The molecule has 2 unspecified atom stereocenters. The van der Waals surface area contributed by atoms with Gasteiger partial charge in [0.15, 0.2) is 0 Å². The molecular weight excluding hydrogens is 348 g/mol. The summed E-state index contributed by atoms with van der Waals surface area (Å²) in [5.41, 5.74) is 2.72. The first-order valence-corrected chi connectivity index (χ1v) is 9.11. The van der Waals surface area contributed by atoms with Gasteiger partial charge in [0, 0.05) is 17.0 Å². The van der Waals surface area contributed by atoms with E-state index in [4.69, 9.17) is 16.6 Å². The van der Waals surface area contributed by atoms with Gasteiger partial charge in [0.1, 0.15) is 6.04 Å². The third kappa shape index (κ3) is 3.18. The molecule has 0 bridgehead atoms. The van der Waals surface area contributed by atoms with Crippen LogP contribution in [0.1, 0.15) is 30.1 Å². The van der Waals surface area contributed by atoms with E-state index in [-0.39, 0.29) is 6.04 Å². The number of para-hydroxylation sites is 1. The number of halogens is 1. The summed E-state index contributed by atoms with van der Waals surface area (Å²) in [7, 11) is 0. The number of aromatic nitrogens is 1. The lowest BCUT2D eigenvalue weighted by Gasteiger charge is -2.31. The summed E-state index contributed by atoms with van der Waals surface area (Å²) < 4.78 is 0. The number of pyridine rings is 1. The highest BCUT2D eigenvalue weighted by Gasteiger charge is 2.37. The van der Waals surface area contributed by atoms with Crippen LogP contribution in [0.2, 0.25) is 5.02 Å². The van der Waals surface area contributed by atoms with Crippen molar-refractivity contribution in [2.24, 2.45) is 0 Å². The lowest BCUT2D eigenvalue weighted by molar-refractivity contribution is -0.142. The van der Waals surface area contributed by atoms with E-state index in [0.717, 1.165) is 35.1 Å². The summed E-state index contributed by atoms with van der Waals surface area (Å²) in [6.07, 6.45) is 1.52. The molecule has 0 amide bonds. The van der Waals surface area contributed by atoms with Gasteiger partial charge < -0.3 is 5.11 Å². The summed E-state index contributed by atoms with van der Waals surface area (Å²) in [5, 5.41) is 11.4. The van der Waals surface area contributed by atoms with Gasteiger partial charge in [0.05, 0.1) is 17.3 Å². The quantitative estimate of drug-likeness (QED) is 0.737. The van der Waals surface area contributed by atoms with Crippen LogP contribution in [0.25, 0.3) is 10.9 Å². The van der Waals surface area contributed by atoms with Crippen LogP contribution in [0.3, 0.4) is 0 Å². The average Bonchev–Trinajstić information content (AvgIpc) is 3.11. The first kappa shape index (κ1) is 17.0. The Bertz CT molecular complexity index is 959. The molecular formula is C21H19ClN2O2. The smallest absolute Gasteiger partial charge is 0.320 e. The molecule has 26 heavy (non-hydrogen) atoms. The van der Waals surface area contributed by atoms with Gasteiger partial charge in [-0.1, -0.05) is 48.0 Å². The Kier molecular flexibility index (Phi) is 4.62. The molecule has 5 heteroatoms. The Hall–Kier alpha value is -2.43. The Morgan fingerprint density at radius 2 is 2.00 bits per heavy atom. The number of nitrogens with zero attached hydrogens (tertiary/aromatic N) is 2. The van der Waals surface area contributed by atoms with Crippen LogP contribution < -0.4 is 0 Å². The minimum Gasteiger partial charge on any atom is -0.480 e. The fourth-order valence-corrected chi connectivity index (χ4v) is 4.00. The lowest BCUT2D eigenvalue weighted by Crippen LogP contribution is -2.39. The van der Waals surface area contributed by atoms with Crippen molar-refractivity contribution in [2.45, 2.75) is 24.9 Å². The largest absolute Gasteiger partial charge is 0.480 e. The molecule has 2 aromatic carbocycles. The third-order valence-corrected chi connectivity index (χ3v) is 5.21. The van der Waals surface area contributed by atoms with E-state index in [2.05, 4.69) is 0 Å². The number of carboxylic acids is 1. The molecule has 1 N–H and O–H groups in total. The molecule has 4 nitrogen and oxygen atoms in total. The van der Waals surface area contributed by atoms with E-state index in [0.29, 0.717) is 11.4 Å². The second kappa shape index (κ2) is 7.06. The summed E-state index contributed by atoms with van der Waals surface area (Å²) in [4.78, 5) is 18.6. The van der Waals surface area contributed by atoms with Gasteiger partial charge in [-0.25, -0.2) is 0 Å². The van der Waals surface area contributed by atoms with Gasteiger partial charge in [-0.3, -0.25) is 14.7 Å². The van der Waals surface area contributed by atoms with Crippen LogP contribution in [0, 0.1) is 0 Å². The fraction of sp³-hybridized carbons (Fsp3) is 0.238. The summed E-state index contributed by atoms with van der Waals surface area (Å²) >= 11 is 6.22. The Labute approximate surface area is 157 Å². The maximum atomic E-state index is 11.8. The van der Waals surface area contributed by atoms with Crippen LogP contribution in [-0.2, 0) is 4.79 Å². The van der Waals surface area contributed by atoms with E-state index < -0.39 is 12.0 Å². The van der Waals surface area contributed by atoms with Gasteiger partial charge in [0.2, 0.25) is 0 Å². The third-order valence-electron chi connectivity index (χ3n) is 4.98. The molecule has 2 heterocycles. The minimum absolute atomic E-state index is 0.234. The molecule has 1 fully saturated rings. The maximum absolute atomic E-state index is 11.8. The molecule has 3 aromatic rings. The zero-order valence-electron chi connectivity index (χ0n) is 14.2. The summed E-state index contributed by atoms with van der Waals surface area (Å²) in [6.45, 7) is 0.725. The number of carboxylic acid groups (broad SMARTS) is 1. The standard InChI is InChI=1S/C21H19ClN2O2/c22-16-7-3-6-15(13-16)20(24-12-4-9-19(24)21(25)26)18-11-10-14-5-1-2-8-17(14)23-18/h1-3,5-8,10-11,13,19-20H,4,9,12H2,(H,25,26). The van der Waals surface area contributed by atoms with Crippen LogP contribution in [0.5, 0.6) is 0 Å². The molecule has 0 radical (unpaired) electrons. The fourth-order valence-electron chi connectivity index (χ4n) is 3.81. The SMILES string of the molecule is O=C(O)C1CCCN1C(c1cccc(Cl)c1)c1ccc2ccccc2n1. The number of fused-ring (bicyclic) bond motifs is 1. The first-order valence-electron chi connectivity index (χ1n) is 8.73. The normalized spacial score (nSPS) is 18.9. The number of rotatable bonds is 4. The van der Waals surface area contributed by atoms with Crippen molar-refractivity contribution in [3.05, 3.63) is 76.9 Å². The van der Waals surface area contributed by atoms with E-state index in [1.54, 1.807) is 0 Å². The zero-order valence-corrected chi connectivity index (χ0v) is 14.9. The topological polar surface area (TPSA) is 53.4 Å². The van der Waals surface area contributed by atoms with Gasteiger partial charge >= 0.3 is 5.97 Å². The monoisotopic (exact) mass is 366 g/mol. The van der Waals surface area contributed by atoms with E-state index in [1.165, 1.54) is 0 Å². The molecule has 0 aliphatic carbocycles. The van der Waals surface area contributed by atoms with Gasteiger partial charge in [-0.15, -0.1) is 0 Å². The molecule has 1 aliphatic heterocycles. The highest BCUT2D eigenvalue weighted by Crippen LogP contribution is 2.35. The summed E-state index contributed by atoms with van der Waals surface area (Å²) in [5.74, 6) is -0.782. The highest BCUT2D eigenvalue weighted by atomic mass is 35.5. The van der Waals surface area contributed by atoms with E-state index >= 15 is 0 Å². The minimum atomic E-state index is -0.782. The van der Waals surface area contributed by atoms with Crippen LogP contribution in [0.4, 0.5) is 0 Å². The first-order chi connectivity index (χ1) is 12.6. The Balaban J connectivity index is 1.85. The van der Waals surface area contributed by atoms with Gasteiger partial charge in [-0.05, 0) is 42.7 Å². The van der Waals surface area contributed by atoms with E-state index in [1.807, 2.05) is 65.6 Å². The molecule has 0 spiro atoms. The van der Waals surface area contributed by atoms with Crippen molar-refractivity contribution in [3.8, 4) is 0 Å². The van der Waals surface area contributed by atoms with Crippen LogP contribution in [0.15, 0.2) is 60.7 Å². The Morgan fingerprint density at radius 3 is 2.81 bits per heavy atom. The number of aliphatic carboxylic acids is 1. The van der Waals surface area contributed by atoms with Crippen molar-refractivity contribution >= 4 is 28.5 Å². The molecule has 1 aromatic heterocycles. The second-order valence-electron chi connectivity index (χ2n) is 6.62. The number of hydrogen-bond acceptors (Lipinski definition) is 3. The van der Waals surface area contributed by atoms with Gasteiger partial charge in [-0.2, -0.15) is 0 Å². The van der Waals surface area contributed by atoms with Crippen molar-refractivity contribution in [1.29, 1.82) is 0 Å². The van der Waals surface area contributed by atoms with Crippen molar-refractivity contribution in [2.75, 3.05) is 6.54 Å². The molecule has 132 valence electrons. The number of benzene rings is 2. The molecule has 4 rings (SSSR count). The lowest BCUT2D eigenvalue weighted by atomic mass is 9.99. The predicted octanol–water partition coefficient (Wildman–Crippen LogP) is 4.53. The van der Waals surface area contributed by atoms with Crippen molar-refractivity contribution in [3.63, 3.8) is 0 Å². The molecule has 2 atom stereocenters. The van der Waals surface area contributed by atoms with Crippen molar-refractivity contribution < 1.29 is 9.90 Å². The Morgan fingerprint density at radius 1 is 1.15 bits per heavy atom. The predicted molar refractivity (Wildman–Crippen MR) is 102 cm³/mol. The van der Waals surface area contributed by atoms with E-state index in [9.17, 15) is 9.90 Å². The highest BCUT2D eigenvalue weighted by molar-refractivity contribution is 6.30. The number of carbonyl (C=O) groups is 1. The van der Waals surface area contributed by atoms with Gasteiger partial charge in [0.25, 0.3) is 0 Å². The molecule has 1 aliphatic rings. The zero-order chi connectivity index (χ0) is 18.1. The average molecular weight is 367 g/mol. The molecule has 0 saturated carbocycles. The number of hydrogen-bond donors (Lipinski definition) is 1. The van der Waals surface area contributed by atoms with Crippen molar-refractivity contribution in [1.82, 2.24) is 9.88 Å². The maximum Gasteiger partial charge on any atom is 0.320 e. The number of likely N-dealkylation sites (tertiary alicyclic amines) is 1.